The van der Waals surface area contributed by atoms with Gasteiger partial charge in [0, 0.05) is 19.3 Å². The van der Waals surface area contributed by atoms with Crippen LogP contribution in [0.25, 0.3) is 0 Å². The number of hydrogen-bond donors (Lipinski definition) is 1. The number of likely N-dealkylation sites (tertiary alicyclic amines) is 1. The Morgan fingerprint density at radius 3 is 3.12 bits per heavy atom. The van der Waals surface area contributed by atoms with E-state index in [0.717, 1.165) is 13.1 Å². The van der Waals surface area contributed by atoms with E-state index >= 15 is 0 Å². The first kappa shape index (κ1) is 11.1. The number of anilines is 1. The number of piperidine rings is 1. The lowest BCUT2D eigenvalue weighted by atomic mass is 9.98. The molecule has 2 rings (SSSR count). The molecule has 0 bridgehead atoms. The third kappa shape index (κ3) is 2.61. The van der Waals surface area contributed by atoms with Gasteiger partial charge in [0.15, 0.2) is 0 Å². The molecule has 1 aromatic rings. The van der Waals surface area contributed by atoms with Crippen molar-refractivity contribution < 1.29 is 0 Å². The molecule has 0 saturated carbocycles. The van der Waals surface area contributed by atoms with Crippen molar-refractivity contribution in [2.45, 2.75) is 19.4 Å². The maximum Gasteiger partial charge on any atom is 0.295 e. The van der Waals surface area contributed by atoms with Gasteiger partial charge in [-0.2, -0.15) is 4.98 Å². The molecule has 2 N–H and O–H groups in total. The lowest BCUT2D eigenvalue weighted by Gasteiger charge is -2.30. The third-order valence-corrected chi connectivity index (χ3v) is 3.07. The molecule has 16 heavy (non-hydrogen) atoms. The van der Waals surface area contributed by atoms with E-state index in [1.807, 2.05) is 4.57 Å². The van der Waals surface area contributed by atoms with Gasteiger partial charge in [0.05, 0.1) is 6.33 Å². The first-order valence-electron chi connectivity index (χ1n) is 5.65. The first-order valence-corrected chi connectivity index (χ1v) is 5.65. The topological polar surface area (TPSA) is 64.2 Å². The van der Waals surface area contributed by atoms with Crippen molar-refractivity contribution in [2.75, 3.05) is 25.9 Å². The maximum absolute atomic E-state index is 11.1. The zero-order valence-electron chi connectivity index (χ0n) is 9.59. The second-order valence-electron chi connectivity index (χ2n) is 4.60. The smallest absolute Gasteiger partial charge is 0.295 e. The quantitative estimate of drug-likeness (QED) is 0.774. The van der Waals surface area contributed by atoms with Crippen molar-refractivity contribution in [2.24, 2.45) is 5.92 Å². The summed E-state index contributed by atoms with van der Waals surface area (Å²) in [5, 5.41) is 0. The molecule has 1 unspecified atom stereocenters. The van der Waals surface area contributed by atoms with Crippen LogP contribution in [0.1, 0.15) is 12.8 Å². The largest absolute Gasteiger partial charge is 0.393 e. The highest BCUT2D eigenvalue weighted by molar-refractivity contribution is 5.30. The second kappa shape index (κ2) is 4.65. The van der Waals surface area contributed by atoms with Crippen molar-refractivity contribution in [3.05, 3.63) is 22.9 Å². The van der Waals surface area contributed by atoms with Gasteiger partial charge in [-0.15, -0.1) is 0 Å². The van der Waals surface area contributed by atoms with Crippen molar-refractivity contribution in [3.63, 3.8) is 0 Å². The second-order valence-corrected chi connectivity index (χ2v) is 4.60. The van der Waals surface area contributed by atoms with Crippen LogP contribution in [-0.4, -0.2) is 34.6 Å². The van der Waals surface area contributed by atoms with Gasteiger partial charge in [0.2, 0.25) is 0 Å². The van der Waals surface area contributed by atoms with Gasteiger partial charge in [0.25, 0.3) is 5.56 Å². The molecule has 1 aliphatic rings. The van der Waals surface area contributed by atoms with Crippen LogP contribution >= 0.6 is 0 Å². The fraction of sp³-hybridized carbons (Fsp3) is 0.636. The Kier molecular flexibility index (Phi) is 3.24. The van der Waals surface area contributed by atoms with Crippen LogP contribution in [0, 0.1) is 5.92 Å². The van der Waals surface area contributed by atoms with E-state index in [2.05, 4.69) is 16.9 Å². The zero-order chi connectivity index (χ0) is 11.5. The molecule has 0 aliphatic carbocycles. The van der Waals surface area contributed by atoms with E-state index < -0.39 is 0 Å². The van der Waals surface area contributed by atoms with Crippen LogP contribution in [0.3, 0.4) is 0 Å². The summed E-state index contributed by atoms with van der Waals surface area (Å²) in [6.07, 6.45) is 5.73. The Hall–Kier alpha value is -1.36. The number of nitrogens with two attached hydrogens (primary N) is 1. The molecule has 0 amide bonds. The van der Waals surface area contributed by atoms with E-state index in [-0.39, 0.29) is 11.2 Å². The zero-order valence-corrected chi connectivity index (χ0v) is 9.59. The molecule has 1 fully saturated rings. The summed E-state index contributed by atoms with van der Waals surface area (Å²) in [5.74, 6) is 0.627. The van der Waals surface area contributed by atoms with Gasteiger partial charge in [-0.3, -0.25) is 4.79 Å². The van der Waals surface area contributed by atoms with Crippen LogP contribution in [0.4, 0.5) is 5.69 Å². The average molecular weight is 222 g/mol. The highest BCUT2D eigenvalue weighted by atomic mass is 16.1. The summed E-state index contributed by atoms with van der Waals surface area (Å²) in [6.45, 7) is 3.18. The van der Waals surface area contributed by atoms with E-state index in [9.17, 15) is 4.79 Å². The average Bonchev–Trinajstić information content (AvgIpc) is 2.24. The lowest BCUT2D eigenvalue weighted by Crippen LogP contribution is -2.34. The molecule has 0 radical (unpaired) electrons. The van der Waals surface area contributed by atoms with Crippen LogP contribution in [0.5, 0.6) is 0 Å². The molecule has 2 heterocycles. The molecule has 1 atom stereocenters. The van der Waals surface area contributed by atoms with Crippen molar-refractivity contribution >= 4 is 5.69 Å². The van der Waals surface area contributed by atoms with Crippen LogP contribution in [0.15, 0.2) is 17.3 Å². The van der Waals surface area contributed by atoms with E-state index in [1.54, 1.807) is 12.5 Å². The number of rotatable bonds is 2. The van der Waals surface area contributed by atoms with Gasteiger partial charge < -0.3 is 15.2 Å². The molecule has 1 saturated heterocycles. The summed E-state index contributed by atoms with van der Waals surface area (Å²) < 4.78 is 1.92. The van der Waals surface area contributed by atoms with Gasteiger partial charge >= 0.3 is 0 Å². The molecule has 1 aromatic heterocycles. The highest BCUT2D eigenvalue weighted by Crippen LogP contribution is 2.16. The number of nitrogens with zero attached hydrogens (tertiary/aromatic N) is 3. The summed E-state index contributed by atoms with van der Waals surface area (Å²) in [4.78, 5) is 17.1. The van der Waals surface area contributed by atoms with Gasteiger partial charge in [0.1, 0.15) is 5.69 Å². The summed E-state index contributed by atoms with van der Waals surface area (Å²) >= 11 is 0. The molecule has 88 valence electrons. The Morgan fingerprint density at radius 2 is 2.44 bits per heavy atom. The third-order valence-electron chi connectivity index (χ3n) is 3.07. The minimum atomic E-state index is -0.336. The molecular weight excluding hydrogens is 204 g/mol. The van der Waals surface area contributed by atoms with Crippen LogP contribution in [0.2, 0.25) is 0 Å². The molecule has 0 aromatic carbocycles. The Bertz CT molecular complexity index is 415. The van der Waals surface area contributed by atoms with Gasteiger partial charge in [-0.25, -0.2) is 0 Å². The SMILES string of the molecule is CN1CCCC(Cn2cnc(=O)c(N)c2)C1. The number of aromatic nitrogens is 2. The van der Waals surface area contributed by atoms with Crippen molar-refractivity contribution in [1.29, 1.82) is 0 Å². The van der Waals surface area contributed by atoms with Crippen LogP contribution in [-0.2, 0) is 6.54 Å². The first-order chi connectivity index (χ1) is 7.65. The van der Waals surface area contributed by atoms with E-state index in [1.165, 1.54) is 19.4 Å². The van der Waals surface area contributed by atoms with E-state index in [4.69, 9.17) is 5.73 Å². The van der Waals surface area contributed by atoms with E-state index in [0.29, 0.717) is 5.92 Å². The fourth-order valence-corrected chi connectivity index (χ4v) is 2.29. The van der Waals surface area contributed by atoms with Crippen molar-refractivity contribution in [1.82, 2.24) is 14.5 Å². The van der Waals surface area contributed by atoms with Gasteiger partial charge in [-0.1, -0.05) is 0 Å². The number of nitrogen functional groups attached to an aromatic ring is 1. The predicted octanol–water partition coefficient (Wildman–Crippen LogP) is 0.167. The summed E-state index contributed by atoms with van der Waals surface area (Å²) in [6, 6.07) is 0. The van der Waals surface area contributed by atoms with Crippen LogP contribution < -0.4 is 11.3 Å². The highest BCUT2D eigenvalue weighted by Gasteiger charge is 2.17. The summed E-state index contributed by atoms with van der Waals surface area (Å²) in [5.41, 5.74) is 5.44. The minimum Gasteiger partial charge on any atom is -0.393 e. The molecular formula is C11H18N4O. The number of hydrogen-bond acceptors (Lipinski definition) is 4. The van der Waals surface area contributed by atoms with Crippen molar-refractivity contribution in [3.8, 4) is 0 Å². The Balaban J connectivity index is 2.03. The standard InChI is InChI=1S/C11H18N4O/c1-14-4-2-3-9(5-14)6-15-7-10(12)11(16)13-8-15/h7-9H,2-6,12H2,1H3. The molecule has 5 heteroatoms. The molecule has 5 nitrogen and oxygen atoms in total. The normalized spacial score (nSPS) is 22.2. The molecule has 0 spiro atoms. The Morgan fingerprint density at radius 1 is 1.62 bits per heavy atom. The van der Waals surface area contributed by atoms with Gasteiger partial charge in [-0.05, 0) is 32.4 Å². The summed E-state index contributed by atoms with van der Waals surface area (Å²) in [7, 11) is 2.14. The Labute approximate surface area is 94.9 Å². The fourth-order valence-electron chi connectivity index (χ4n) is 2.29. The maximum atomic E-state index is 11.1. The lowest BCUT2D eigenvalue weighted by molar-refractivity contribution is 0.194. The monoisotopic (exact) mass is 222 g/mol. The predicted molar refractivity (Wildman–Crippen MR) is 63.1 cm³/mol. The molecule has 1 aliphatic heterocycles. The minimum absolute atomic E-state index is 0.228.